The van der Waals surface area contributed by atoms with E-state index in [1.165, 1.54) is 18.8 Å². The molecule has 1 aromatic carbocycles. The Bertz CT molecular complexity index is 1390. The third-order valence-electron chi connectivity index (χ3n) is 5.14. The molecule has 0 aliphatic heterocycles. The quantitative estimate of drug-likeness (QED) is 0.338. The molecule has 8 heteroatoms. The molecule has 31 heavy (non-hydrogen) atoms. The fourth-order valence-corrected chi connectivity index (χ4v) is 4.40. The van der Waals surface area contributed by atoms with E-state index in [1.54, 1.807) is 4.57 Å². The molecule has 4 rings (SSSR count). The number of hydrogen-bond acceptors (Lipinski definition) is 6. The molecule has 3 heterocycles. The van der Waals surface area contributed by atoms with E-state index in [0.29, 0.717) is 34.2 Å². The van der Waals surface area contributed by atoms with E-state index in [4.69, 9.17) is 9.97 Å². The molecule has 0 saturated heterocycles. The Balaban J connectivity index is 1.85. The highest BCUT2D eigenvalue weighted by atomic mass is 32.2. The van der Waals surface area contributed by atoms with Crippen LogP contribution in [-0.4, -0.2) is 24.1 Å². The maximum Gasteiger partial charge on any atom is 0.332 e. The minimum Gasteiger partial charge on any atom is -0.277 e. The summed E-state index contributed by atoms with van der Waals surface area (Å²) < 4.78 is 2.73. The predicted octanol–water partition coefficient (Wildman–Crippen LogP) is 3.86. The zero-order chi connectivity index (χ0) is 22.1. The smallest absolute Gasteiger partial charge is 0.277 e. The Labute approximate surface area is 184 Å². The van der Waals surface area contributed by atoms with Gasteiger partial charge in [-0.25, -0.2) is 14.8 Å². The highest BCUT2D eigenvalue weighted by molar-refractivity contribution is 7.98. The van der Waals surface area contributed by atoms with Gasteiger partial charge in [-0.15, -0.1) is 0 Å². The second-order valence-corrected chi connectivity index (χ2v) is 8.79. The number of fused-ring (bicyclic) bond motifs is 2. The van der Waals surface area contributed by atoms with Gasteiger partial charge < -0.3 is 0 Å². The van der Waals surface area contributed by atoms with Crippen molar-refractivity contribution in [2.45, 2.75) is 50.4 Å². The van der Waals surface area contributed by atoms with Crippen LogP contribution >= 0.6 is 11.8 Å². The molecule has 0 radical (unpaired) electrons. The van der Waals surface area contributed by atoms with Gasteiger partial charge in [0.25, 0.3) is 5.56 Å². The van der Waals surface area contributed by atoms with Crippen molar-refractivity contribution >= 4 is 33.7 Å². The summed E-state index contributed by atoms with van der Waals surface area (Å²) in [7, 11) is 1.51. The van der Waals surface area contributed by atoms with Crippen molar-refractivity contribution < 1.29 is 0 Å². The molecular weight excluding hydrogens is 410 g/mol. The van der Waals surface area contributed by atoms with Crippen LogP contribution in [0.5, 0.6) is 0 Å². The topological polar surface area (TPSA) is 82.7 Å². The van der Waals surface area contributed by atoms with Crippen LogP contribution in [0.1, 0.15) is 44.6 Å². The van der Waals surface area contributed by atoms with Crippen molar-refractivity contribution in [3.05, 3.63) is 68.8 Å². The van der Waals surface area contributed by atoms with Gasteiger partial charge in [-0.2, -0.15) is 0 Å². The number of hydrogen-bond donors (Lipinski definition) is 0. The van der Waals surface area contributed by atoms with E-state index in [1.807, 2.05) is 57.2 Å². The summed E-state index contributed by atoms with van der Waals surface area (Å²) in [5.74, 6) is 1.25. The van der Waals surface area contributed by atoms with Crippen molar-refractivity contribution in [1.82, 2.24) is 24.1 Å². The van der Waals surface area contributed by atoms with Crippen molar-refractivity contribution in [2.24, 2.45) is 7.05 Å². The fourth-order valence-electron chi connectivity index (χ4n) is 3.47. The van der Waals surface area contributed by atoms with Crippen LogP contribution in [0.25, 0.3) is 21.9 Å². The van der Waals surface area contributed by atoms with E-state index in [0.717, 1.165) is 27.6 Å². The van der Waals surface area contributed by atoms with Crippen molar-refractivity contribution in [1.29, 1.82) is 0 Å². The predicted molar refractivity (Wildman–Crippen MR) is 125 cm³/mol. The monoisotopic (exact) mass is 435 g/mol. The summed E-state index contributed by atoms with van der Waals surface area (Å²) >= 11 is 1.46. The zero-order valence-corrected chi connectivity index (χ0v) is 18.9. The number of pyridine rings is 1. The van der Waals surface area contributed by atoms with Crippen LogP contribution < -0.4 is 11.2 Å². The highest BCUT2D eigenvalue weighted by Gasteiger charge is 2.20. The van der Waals surface area contributed by atoms with E-state index in [9.17, 15) is 9.59 Å². The maximum absolute atomic E-state index is 13.0. The van der Waals surface area contributed by atoms with Crippen LogP contribution in [0.4, 0.5) is 0 Å². The van der Waals surface area contributed by atoms with Crippen molar-refractivity contribution in [2.75, 3.05) is 0 Å². The average Bonchev–Trinajstić information content (AvgIpc) is 2.78. The average molecular weight is 436 g/mol. The number of thioether (sulfide) groups is 1. The van der Waals surface area contributed by atoms with Crippen LogP contribution in [0.3, 0.4) is 0 Å². The fraction of sp³-hybridized carbons (Fsp3) is 0.348. The first kappa shape index (κ1) is 21.2. The molecule has 0 saturated carbocycles. The van der Waals surface area contributed by atoms with E-state index >= 15 is 0 Å². The summed E-state index contributed by atoms with van der Waals surface area (Å²) in [6.07, 6.45) is 0.762. The molecule has 0 spiro atoms. The SMILES string of the molecule is CCCn1c(=O)n(C)c(=O)c2c(SCc3ccc4ccccc4n3)nc(C(C)C)nc21. The minimum absolute atomic E-state index is 0.0665. The Morgan fingerprint density at radius 2 is 1.81 bits per heavy atom. The third kappa shape index (κ3) is 3.99. The molecule has 3 aromatic heterocycles. The van der Waals surface area contributed by atoms with Gasteiger partial charge in [-0.05, 0) is 18.6 Å². The molecule has 0 atom stereocenters. The van der Waals surface area contributed by atoms with Gasteiger partial charge in [-0.3, -0.25) is 18.9 Å². The molecular formula is C23H25N5O2S. The van der Waals surface area contributed by atoms with Gasteiger partial charge >= 0.3 is 5.69 Å². The van der Waals surface area contributed by atoms with E-state index < -0.39 is 0 Å². The molecule has 0 bridgehead atoms. The lowest BCUT2D eigenvalue weighted by Gasteiger charge is -2.15. The lowest BCUT2D eigenvalue weighted by molar-refractivity contribution is 0.603. The zero-order valence-electron chi connectivity index (χ0n) is 18.1. The molecule has 4 aromatic rings. The summed E-state index contributed by atoms with van der Waals surface area (Å²) in [5.41, 5.74) is 1.54. The Morgan fingerprint density at radius 3 is 2.55 bits per heavy atom. The molecule has 0 aliphatic carbocycles. The maximum atomic E-state index is 13.0. The first-order valence-electron chi connectivity index (χ1n) is 10.4. The van der Waals surface area contributed by atoms with Gasteiger partial charge in [0.2, 0.25) is 0 Å². The second kappa shape index (κ2) is 8.63. The number of aromatic nitrogens is 5. The second-order valence-electron chi connectivity index (χ2n) is 7.82. The minimum atomic E-state index is -0.364. The molecule has 0 fully saturated rings. The van der Waals surface area contributed by atoms with Crippen LogP contribution in [-0.2, 0) is 19.3 Å². The van der Waals surface area contributed by atoms with Crippen LogP contribution in [0, 0.1) is 0 Å². The molecule has 7 nitrogen and oxygen atoms in total. The number of nitrogens with zero attached hydrogens (tertiary/aromatic N) is 5. The summed E-state index contributed by atoms with van der Waals surface area (Å²) in [6, 6.07) is 12.0. The molecule has 0 N–H and O–H groups in total. The standard InChI is InChI=1S/C23H25N5O2S/c1-5-12-28-20-18(22(29)27(4)23(28)30)21(26-19(25-20)14(2)3)31-13-16-11-10-15-8-6-7-9-17(15)24-16/h6-11,14H,5,12-13H2,1-4H3. The molecule has 0 aliphatic rings. The first-order valence-corrected chi connectivity index (χ1v) is 11.4. The Kier molecular flexibility index (Phi) is 5.91. The van der Waals surface area contributed by atoms with Gasteiger partial charge in [0.15, 0.2) is 5.65 Å². The Hall–Kier alpha value is -3.00. The largest absolute Gasteiger partial charge is 0.332 e. The molecule has 0 amide bonds. The highest BCUT2D eigenvalue weighted by Crippen LogP contribution is 2.27. The third-order valence-corrected chi connectivity index (χ3v) is 6.15. The van der Waals surface area contributed by atoms with Gasteiger partial charge in [0.05, 0.1) is 11.2 Å². The van der Waals surface area contributed by atoms with Gasteiger partial charge in [0.1, 0.15) is 16.2 Å². The van der Waals surface area contributed by atoms with Crippen molar-refractivity contribution in [3.8, 4) is 0 Å². The molecule has 160 valence electrons. The van der Waals surface area contributed by atoms with Crippen LogP contribution in [0.2, 0.25) is 0 Å². The number of para-hydroxylation sites is 1. The van der Waals surface area contributed by atoms with Gasteiger partial charge in [0, 0.05) is 30.6 Å². The van der Waals surface area contributed by atoms with Crippen LogP contribution in [0.15, 0.2) is 51.0 Å². The number of benzene rings is 1. The Morgan fingerprint density at radius 1 is 1.03 bits per heavy atom. The lowest BCUT2D eigenvalue weighted by Crippen LogP contribution is -2.39. The van der Waals surface area contributed by atoms with E-state index in [2.05, 4.69) is 4.98 Å². The summed E-state index contributed by atoms with van der Waals surface area (Å²) in [4.78, 5) is 39.8. The number of aryl methyl sites for hydroxylation is 1. The van der Waals surface area contributed by atoms with Crippen molar-refractivity contribution in [3.63, 3.8) is 0 Å². The summed E-state index contributed by atoms with van der Waals surface area (Å²) in [6.45, 7) is 6.50. The lowest BCUT2D eigenvalue weighted by atomic mass is 10.2. The molecule has 0 unspecified atom stereocenters. The summed E-state index contributed by atoms with van der Waals surface area (Å²) in [5, 5.41) is 2.07. The first-order chi connectivity index (χ1) is 14.9. The normalized spacial score (nSPS) is 11.6. The number of rotatable bonds is 6. The van der Waals surface area contributed by atoms with E-state index in [-0.39, 0.29) is 17.2 Å². The van der Waals surface area contributed by atoms with Gasteiger partial charge in [-0.1, -0.05) is 56.8 Å².